The van der Waals surface area contributed by atoms with Gasteiger partial charge in [0.25, 0.3) is 5.91 Å². The number of benzene rings is 1. The molecule has 9 heteroatoms. The molecule has 0 spiro atoms. The Kier molecular flexibility index (Phi) is 6.76. The Morgan fingerprint density at radius 3 is 2.43 bits per heavy atom. The number of carbonyl (C=O) groups excluding carboxylic acids is 1. The van der Waals surface area contributed by atoms with E-state index in [9.17, 15) is 13.2 Å². The van der Waals surface area contributed by atoms with E-state index in [4.69, 9.17) is 10.1 Å². The number of pyridine rings is 1. The summed E-state index contributed by atoms with van der Waals surface area (Å²) < 4.78 is 29.5. The molecule has 8 nitrogen and oxygen atoms in total. The molecule has 1 aliphatic carbocycles. The predicted molar refractivity (Wildman–Crippen MR) is 138 cm³/mol. The highest BCUT2D eigenvalue weighted by atomic mass is 32.2. The van der Waals surface area contributed by atoms with Gasteiger partial charge in [-0.05, 0) is 71.6 Å². The lowest BCUT2D eigenvalue weighted by molar-refractivity contribution is 0.0952. The third-order valence-electron chi connectivity index (χ3n) is 6.03. The Balaban J connectivity index is 1.64. The standard InChI is InChI=1S/C26H35N5O3S/c1-16(2)30-35(33,34)15-20-10-8-7-9-19(20)14-27-25(32)21-13-22(18-11-12-18)28-24-23(21)17(3)29-31(24)26(4,5)6/h7-10,13,16,18,30H,11-12,14-15H2,1-6H3,(H,27,32). The zero-order valence-corrected chi connectivity index (χ0v) is 22.2. The van der Waals surface area contributed by atoms with Crippen LogP contribution in [0.5, 0.6) is 0 Å². The molecule has 2 heterocycles. The van der Waals surface area contributed by atoms with E-state index in [0.29, 0.717) is 17.0 Å². The Morgan fingerprint density at radius 1 is 1.17 bits per heavy atom. The fourth-order valence-electron chi connectivity index (χ4n) is 4.29. The second-order valence-corrected chi connectivity index (χ2v) is 12.5. The van der Waals surface area contributed by atoms with Gasteiger partial charge in [0.1, 0.15) is 0 Å². The van der Waals surface area contributed by atoms with Crippen LogP contribution in [-0.4, -0.2) is 35.1 Å². The Morgan fingerprint density at radius 2 is 1.83 bits per heavy atom. The number of rotatable bonds is 8. The van der Waals surface area contributed by atoms with E-state index in [1.807, 2.05) is 35.9 Å². The highest BCUT2D eigenvalue weighted by molar-refractivity contribution is 7.88. The van der Waals surface area contributed by atoms with Crippen molar-refractivity contribution in [2.75, 3.05) is 0 Å². The monoisotopic (exact) mass is 497 g/mol. The summed E-state index contributed by atoms with van der Waals surface area (Å²) in [7, 11) is -3.48. The first-order valence-electron chi connectivity index (χ1n) is 12.1. The van der Waals surface area contributed by atoms with Crippen LogP contribution in [0.3, 0.4) is 0 Å². The van der Waals surface area contributed by atoms with Crippen molar-refractivity contribution in [3.8, 4) is 0 Å². The normalized spacial score (nSPS) is 14.6. The number of carbonyl (C=O) groups is 1. The predicted octanol–water partition coefficient (Wildman–Crippen LogP) is 4.13. The van der Waals surface area contributed by atoms with Gasteiger partial charge >= 0.3 is 0 Å². The van der Waals surface area contributed by atoms with E-state index in [1.54, 1.807) is 19.9 Å². The minimum atomic E-state index is -3.48. The third kappa shape index (κ3) is 5.73. The highest BCUT2D eigenvalue weighted by Gasteiger charge is 2.30. The average molecular weight is 498 g/mol. The smallest absolute Gasteiger partial charge is 0.252 e. The van der Waals surface area contributed by atoms with E-state index in [0.717, 1.165) is 40.8 Å². The molecule has 35 heavy (non-hydrogen) atoms. The number of nitrogens with one attached hydrogen (secondary N) is 2. The average Bonchev–Trinajstić information content (AvgIpc) is 3.54. The first-order chi connectivity index (χ1) is 16.4. The molecule has 4 rings (SSSR count). The van der Waals surface area contributed by atoms with E-state index < -0.39 is 10.0 Å². The number of hydrogen-bond acceptors (Lipinski definition) is 5. The van der Waals surface area contributed by atoms with Crippen LogP contribution < -0.4 is 10.0 Å². The van der Waals surface area contributed by atoms with E-state index >= 15 is 0 Å². The molecule has 1 aliphatic rings. The number of aromatic nitrogens is 3. The molecule has 2 aromatic heterocycles. The van der Waals surface area contributed by atoms with Gasteiger partial charge in [-0.1, -0.05) is 24.3 Å². The van der Waals surface area contributed by atoms with Crippen LogP contribution >= 0.6 is 0 Å². The summed E-state index contributed by atoms with van der Waals surface area (Å²) in [6.07, 6.45) is 2.16. The number of amides is 1. The molecule has 1 aromatic carbocycles. The minimum Gasteiger partial charge on any atom is -0.348 e. The molecule has 1 fully saturated rings. The first kappa shape index (κ1) is 25.3. The van der Waals surface area contributed by atoms with Crippen molar-refractivity contribution in [3.05, 3.63) is 58.4 Å². The van der Waals surface area contributed by atoms with Crippen molar-refractivity contribution < 1.29 is 13.2 Å². The number of aryl methyl sites for hydroxylation is 1. The van der Waals surface area contributed by atoms with Crippen molar-refractivity contribution >= 4 is 27.0 Å². The quantitative estimate of drug-likeness (QED) is 0.487. The highest BCUT2D eigenvalue weighted by Crippen LogP contribution is 2.41. The molecule has 1 saturated carbocycles. The van der Waals surface area contributed by atoms with Gasteiger partial charge in [-0.25, -0.2) is 22.8 Å². The van der Waals surface area contributed by atoms with Crippen molar-refractivity contribution in [2.45, 2.75) is 84.2 Å². The van der Waals surface area contributed by atoms with Crippen molar-refractivity contribution in [1.29, 1.82) is 0 Å². The first-order valence-corrected chi connectivity index (χ1v) is 13.8. The summed E-state index contributed by atoms with van der Waals surface area (Å²) in [4.78, 5) is 18.4. The fraction of sp³-hybridized carbons (Fsp3) is 0.500. The second kappa shape index (κ2) is 9.35. The van der Waals surface area contributed by atoms with Crippen LogP contribution in [0.2, 0.25) is 0 Å². The van der Waals surface area contributed by atoms with E-state index in [1.165, 1.54) is 0 Å². The van der Waals surface area contributed by atoms with Gasteiger partial charge in [-0.15, -0.1) is 0 Å². The zero-order chi connectivity index (χ0) is 25.5. The van der Waals surface area contributed by atoms with Crippen molar-refractivity contribution in [3.63, 3.8) is 0 Å². The number of sulfonamides is 1. The molecule has 0 saturated heterocycles. The summed E-state index contributed by atoms with van der Waals surface area (Å²) in [5.74, 6) is 0.0304. The van der Waals surface area contributed by atoms with Crippen molar-refractivity contribution in [2.24, 2.45) is 0 Å². The summed E-state index contributed by atoms with van der Waals surface area (Å²) in [5.41, 5.74) is 4.15. The van der Waals surface area contributed by atoms with Gasteiger partial charge in [0, 0.05) is 24.2 Å². The molecular formula is C26H35N5O3S. The molecule has 0 unspecified atom stereocenters. The van der Waals surface area contributed by atoms with Crippen molar-refractivity contribution in [1.82, 2.24) is 24.8 Å². The van der Waals surface area contributed by atoms with Gasteiger partial charge in [-0.3, -0.25) is 4.79 Å². The molecule has 0 radical (unpaired) electrons. The fourth-order valence-corrected chi connectivity index (χ4v) is 5.78. The molecule has 1 amide bonds. The third-order valence-corrected chi connectivity index (χ3v) is 7.55. The maximum Gasteiger partial charge on any atom is 0.252 e. The number of nitrogens with zero attached hydrogens (tertiary/aromatic N) is 3. The van der Waals surface area contributed by atoms with Crippen LogP contribution in [0.4, 0.5) is 0 Å². The van der Waals surface area contributed by atoms with Crippen LogP contribution in [0.25, 0.3) is 11.0 Å². The molecular weight excluding hydrogens is 462 g/mol. The number of fused-ring (bicyclic) bond motifs is 1. The van der Waals surface area contributed by atoms with Crippen LogP contribution in [0, 0.1) is 6.92 Å². The van der Waals surface area contributed by atoms with Gasteiger partial charge in [-0.2, -0.15) is 5.10 Å². The van der Waals surface area contributed by atoms with Gasteiger partial charge in [0.15, 0.2) is 5.65 Å². The Hall–Kier alpha value is -2.78. The van der Waals surface area contributed by atoms with Crippen LogP contribution in [0.15, 0.2) is 30.3 Å². The SMILES string of the molecule is Cc1nn(C(C)(C)C)c2nc(C3CC3)cc(C(=O)NCc3ccccc3CS(=O)(=O)NC(C)C)c12. The zero-order valence-electron chi connectivity index (χ0n) is 21.3. The van der Waals surface area contributed by atoms with E-state index in [-0.39, 0.29) is 29.8 Å². The van der Waals surface area contributed by atoms with Gasteiger partial charge in [0.2, 0.25) is 10.0 Å². The molecule has 3 aromatic rings. The Labute approximate surface area is 207 Å². The summed E-state index contributed by atoms with van der Waals surface area (Å²) in [5, 5.41) is 8.50. The summed E-state index contributed by atoms with van der Waals surface area (Å²) in [6, 6.07) is 9.01. The van der Waals surface area contributed by atoms with Crippen LogP contribution in [0.1, 0.15) is 86.3 Å². The second-order valence-electron chi connectivity index (χ2n) is 10.7. The van der Waals surface area contributed by atoms with Gasteiger partial charge in [0.05, 0.1) is 27.9 Å². The topological polar surface area (TPSA) is 106 Å². The minimum absolute atomic E-state index is 0.139. The van der Waals surface area contributed by atoms with E-state index in [2.05, 4.69) is 30.8 Å². The molecule has 0 bridgehead atoms. The number of hydrogen-bond donors (Lipinski definition) is 2. The maximum atomic E-state index is 13.5. The lowest BCUT2D eigenvalue weighted by Crippen LogP contribution is -2.32. The summed E-state index contributed by atoms with van der Waals surface area (Å²) >= 11 is 0. The molecule has 2 N–H and O–H groups in total. The lowest BCUT2D eigenvalue weighted by Gasteiger charge is -2.20. The lowest BCUT2D eigenvalue weighted by atomic mass is 10.1. The summed E-state index contributed by atoms with van der Waals surface area (Å²) in [6.45, 7) is 11.9. The Bertz CT molecular complexity index is 1370. The molecule has 0 aliphatic heterocycles. The maximum absolute atomic E-state index is 13.5. The van der Waals surface area contributed by atoms with Crippen LogP contribution in [-0.2, 0) is 27.9 Å². The molecule has 0 atom stereocenters. The molecule has 188 valence electrons. The van der Waals surface area contributed by atoms with Gasteiger partial charge < -0.3 is 5.32 Å². The largest absolute Gasteiger partial charge is 0.348 e.